The molecule has 0 aliphatic heterocycles. The first-order chi connectivity index (χ1) is 9.47. The second-order valence-electron chi connectivity index (χ2n) is 4.82. The summed E-state index contributed by atoms with van der Waals surface area (Å²) in [5, 5.41) is 0. The van der Waals surface area contributed by atoms with Crippen LogP contribution in [0.1, 0.15) is 21.6 Å². The molecule has 0 radical (unpaired) electrons. The second-order valence-corrected chi connectivity index (χ2v) is 4.82. The number of nitrogen functional groups attached to an aromatic ring is 1. The van der Waals surface area contributed by atoms with Gasteiger partial charge in [-0.3, -0.25) is 4.79 Å². The first-order valence-corrected chi connectivity index (χ1v) is 6.30. The first kappa shape index (κ1) is 13.9. The Bertz CT molecular complexity index is 640. The number of aryl methyl sites for hydroxylation is 1. The second kappa shape index (κ2) is 5.61. The van der Waals surface area contributed by atoms with Crippen LogP contribution < -0.4 is 16.4 Å². The lowest BCUT2D eigenvalue weighted by molar-refractivity contribution is 0.0995. The van der Waals surface area contributed by atoms with Gasteiger partial charge in [0.25, 0.3) is 5.91 Å². The van der Waals surface area contributed by atoms with Crippen molar-refractivity contribution in [2.24, 2.45) is 5.73 Å². The van der Waals surface area contributed by atoms with Crippen LogP contribution in [0.4, 0.5) is 11.5 Å². The third kappa shape index (κ3) is 3.06. The number of aromatic nitrogens is 1. The number of amides is 1. The molecule has 1 aromatic heterocycles. The Morgan fingerprint density at radius 2 is 2.05 bits per heavy atom. The van der Waals surface area contributed by atoms with Crippen molar-refractivity contribution in [3.05, 3.63) is 53.2 Å². The van der Waals surface area contributed by atoms with Gasteiger partial charge in [-0.1, -0.05) is 29.8 Å². The fourth-order valence-electron chi connectivity index (χ4n) is 2.06. The van der Waals surface area contributed by atoms with Crippen LogP contribution in [0.25, 0.3) is 0 Å². The minimum atomic E-state index is -0.560. The topological polar surface area (TPSA) is 85.2 Å². The highest BCUT2D eigenvalue weighted by Crippen LogP contribution is 2.21. The number of nitrogens with two attached hydrogens (primary N) is 2. The third-order valence-electron chi connectivity index (χ3n) is 3.02. The molecule has 1 amide bonds. The molecule has 2 aromatic rings. The van der Waals surface area contributed by atoms with E-state index in [1.165, 1.54) is 11.6 Å². The van der Waals surface area contributed by atoms with E-state index in [9.17, 15) is 4.79 Å². The fourth-order valence-corrected chi connectivity index (χ4v) is 2.06. The smallest absolute Gasteiger partial charge is 0.267 e. The minimum absolute atomic E-state index is 0.213. The number of primary amides is 1. The van der Waals surface area contributed by atoms with E-state index >= 15 is 0 Å². The van der Waals surface area contributed by atoms with Crippen LogP contribution in [0.5, 0.6) is 0 Å². The van der Waals surface area contributed by atoms with Gasteiger partial charge in [0, 0.05) is 13.6 Å². The van der Waals surface area contributed by atoms with Gasteiger partial charge in [-0.15, -0.1) is 0 Å². The van der Waals surface area contributed by atoms with Gasteiger partial charge in [0.1, 0.15) is 5.69 Å². The maximum Gasteiger partial charge on any atom is 0.267 e. The van der Waals surface area contributed by atoms with E-state index in [0.717, 1.165) is 5.56 Å². The van der Waals surface area contributed by atoms with E-state index in [1.807, 2.05) is 37.1 Å². The van der Waals surface area contributed by atoms with Gasteiger partial charge in [-0.05, 0) is 24.6 Å². The number of carbonyl (C=O) groups is 1. The van der Waals surface area contributed by atoms with Gasteiger partial charge in [0.2, 0.25) is 0 Å². The lowest BCUT2D eigenvalue weighted by Gasteiger charge is -2.20. The van der Waals surface area contributed by atoms with E-state index in [2.05, 4.69) is 11.1 Å². The fraction of sp³-hybridized carbons (Fsp3) is 0.200. The minimum Gasteiger partial charge on any atom is -0.396 e. The molecule has 0 bridgehead atoms. The van der Waals surface area contributed by atoms with Crippen LogP contribution in [0.3, 0.4) is 0 Å². The molecular weight excluding hydrogens is 252 g/mol. The number of rotatable bonds is 4. The van der Waals surface area contributed by atoms with Crippen molar-refractivity contribution in [3.63, 3.8) is 0 Å². The van der Waals surface area contributed by atoms with Crippen LogP contribution in [0, 0.1) is 6.92 Å². The monoisotopic (exact) mass is 270 g/mol. The third-order valence-corrected chi connectivity index (χ3v) is 3.02. The molecule has 1 aromatic carbocycles. The average Bonchev–Trinajstić information content (AvgIpc) is 2.38. The predicted molar refractivity (Wildman–Crippen MR) is 80.5 cm³/mol. The summed E-state index contributed by atoms with van der Waals surface area (Å²) in [7, 11) is 1.88. The number of pyridine rings is 1. The van der Waals surface area contributed by atoms with E-state index in [-0.39, 0.29) is 5.69 Å². The molecule has 0 aliphatic carbocycles. The summed E-state index contributed by atoms with van der Waals surface area (Å²) in [6, 6.07) is 11.4. The standard InChI is InChI=1S/C15H18N4O/c1-10-4-3-5-11(8-10)9-19(2)15-12(16)6-7-13(18-15)14(17)20/h3-8H,9,16H2,1-2H3,(H2,17,20). The molecule has 0 saturated heterocycles. The Hall–Kier alpha value is -2.56. The quantitative estimate of drug-likeness (QED) is 0.885. The molecule has 0 atom stereocenters. The molecule has 4 N–H and O–H groups in total. The SMILES string of the molecule is Cc1cccc(CN(C)c2nc(C(N)=O)ccc2N)c1. The summed E-state index contributed by atoms with van der Waals surface area (Å²) in [5.41, 5.74) is 14.2. The zero-order valence-electron chi connectivity index (χ0n) is 11.6. The molecule has 0 unspecified atom stereocenters. The highest BCUT2D eigenvalue weighted by atomic mass is 16.1. The van der Waals surface area contributed by atoms with Crippen molar-refractivity contribution >= 4 is 17.4 Å². The van der Waals surface area contributed by atoms with Crippen molar-refractivity contribution in [1.82, 2.24) is 4.98 Å². The maximum absolute atomic E-state index is 11.2. The van der Waals surface area contributed by atoms with Crippen molar-refractivity contribution in [2.75, 3.05) is 17.7 Å². The molecule has 0 spiro atoms. The Labute approximate surface area is 118 Å². The average molecular weight is 270 g/mol. The van der Waals surface area contributed by atoms with E-state index in [4.69, 9.17) is 11.5 Å². The van der Waals surface area contributed by atoms with Gasteiger partial charge >= 0.3 is 0 Å². The molecule has 104 valence electrons. The number of benzene rings is 1. The summed E-state index contributed by atoms with van der Waals surface area (Å²) in [6.07, 6.45) is 0. The van der Waals surface area contributed by atoms with Gasteiger partial charge in [-0.2, -0.15) is 0 Å². The molecule has 5 nitrogen and oxygen atoms in total. The predicted octanol–water partition coefficient (Wildman–Crippen LogP) is 1.71. The van der Waals surface area contributed by atoms with Gasteiger partial charge < -0.3 is 16.4 Å². The van der Waals surface area contributed by atoms with Crippen LogP contribution in [-0.4, -0.2) is 17.9 Å². The maximum atomic E-state index is 11.2. The molecule has 0 saturated carbocycles. The Morgan fingerprint density at radius 1 is 1.30 bits per heavy atom. The lowest BCUT2D eigenvalue weighted by atomic mass is 10.1. The number of anilines is 2. The normalized spacial score (nSPS) is 10.3. The van der Waals surface area contributed by atoms with Crippen molar-refractivity contribution in [3.8, 4) is 0 Å². The van der Waals surface area contributed by atoms with E-state index in [1.54, 1.807) is 6.07 Å². The van der Waals surface area contributed by atoms with Crippen molar-refractivity contribution < 1.29 is 4.79 Å². The molecule has 2 rings (SSSR count). The molecule has 1 heterocycles. The van der Waals surface area contributed by atoms with E-state index < -0.39 is 5.91 Å². The highest BCUT2D eigenvalue weighted by Gasteiger charge is 2.11. The molecule has 0 fully saturated rings. The van der Waals surface area contributed by atoms with Crippen LogP contribution in [0.2, 0.25) is 0 Å². The van der Waals surface area contributed by atoms with Crippen LogP contribution in [0.15, 0.2) is 36.4 Å². The zero-order valence-corrected chi connectivity index (χ0v) is 11.6. The number of nitrogens with zero attached hydrogens (tertiary/aromatic N) is 2. The highest BCUT2D eigenvalue weighted by molar-refractivity contribution is 5.91. The largest absolute Gasteiger partial charge is 0.396 e. The zero-order chi connectivity index (χ0) is 14.7. The van der Waals surface area contributed by atoms with Crippen LogP contribution in [-0.2, 0) is 6.54 Å². The summed E-state index contributed by atoms with van der Waals surface area (Å²) >= 11 is 0. The summed E-state index contributed by atoms with van der Waals surface area (Å²) in [5.74, 6) is -0.00184. The van der Waals surface area contributed by atoms with E-state index in [0.29, 0.717) is 18.1 Å². The Kier molecular flexibility index (Phi) is 3.89. The summed E-state index contributed by atoms with van der Waals surface area (Å²) < 4.78 is 0. The summed E-state index contributed by atoms with van der Waals surface area (Å²) in [4.78, 5) is 17.3. The molecule has 20 heavy (non-hydrogen) atoms. The first-order valence-electron chi connectivity index (χ1n) is 6.30. The van der Waals surface area contributed by atoms with Crippen LogP contribution >= 0.6 is 0 Å². The van der Waals surface area contributed by atoms with Crippen molar-refractivity contribution in [1.29, 1.82) is 0 Å². The molecular formula is C15H18N4O. The van der Waals surface area contributed by atoms with Crippen molar-refractivity contribution in [2.45, 2.75) is 13.5 Å². The van der Waals surface area contributed by atoms with Gasteiger partial charge in [-0.25, -0.2) is 4.98 Å². The van der Waals surface area contributed by atoms with Gasteiger partial charge in [0.15, 0.2) is 5.82 Å². The summed E-state index contributed by atoms with van der Waals surface area (Å²) in [6.45, 7) is 2.70. The lowest BCUT2D eigenvalue weighted by Crippen LogP contribution is -2.21. The Balaban J connectivity index is 2.26. The number of hydrogen-bond donors (Lipinski definition) is 2. The Morgan fingerprint density at radius 3 is 2.70 bits per heavy atom. The van der Waals surface area contributed by atoms with Gasteiger partial charge in [0.05, 0.1) is 5.69 Å². The molecule has 5 heteroatoms. The number of hydrogen-bond acceptors (Lipinski definition) is 4. The number of carbonyl (C=O) groups excluding carboxylic acids is 1. The molecule has 0 aliphatic rings.